The van der Waals surface area contributed by atoms with E-state index in [9.17, 15) is 9.90 Å². The third kappa shape index (κ3) is 3.63. The standard InChI is InChI=1S/C21H25N2O3/c1-4-21-22(3)19-7-5-6-8-20(19)23(21)13-17(25)14-26-18-11-9-16(10-12-18)15(2)24/h5-12,17,25H,4,13-14H2,1-3H3/q+1/t17-/m0/s1. The minimum Gasteiger partial charge on any atom is -0.491 e. The van der Waals surface area contributed by atoms with E-state index in [0.717, 1.165) is 23.3 Å². The maximum absolute atomic E-state index is 11.3. The molecule has 1 atom stereocenters. The fraction of sp³-hybridized carbons (Fsp3) is 0.333. The van der Waals surface area contributed by atoms with Crippen LogP contribution in [0.1, 0.15) is 30.0 Å². The first-order valence-corrected chi connectivity index (χ1v) is 8.89. The van der Waals surface area contributed by atoms with Crippen molar-refractivity contribution in [3.05, 3.63) is 59.9 Å². The summed E-state index contributed by atoms with van der Waals surface area (Å²) in [7, 11) is 2.05. The first kappa shape index (κ1) is 18.1. The first-order chi connectivity index (χ1) is 12.5. The molecule has 0 unspecified atom stereocenters. The molecule has 1 heterocycles. The van der Waals surface area contributed by atoms with Crippen molar-refractivity contribution in [2.45, 2.75) is 32.9 Å². The second-order valence-electron chi connectivity index (χ2n) is 6.47. The number of hydrogen-bond donors (Lipinski definition) is 1. The number of para-hydroxylation sites is 2. The van der Waals surface area contributed by atoms with Gasteiger partial charge in [-0.05, 0) is 43.3 Å². The highest BCUT2D eigenvalue weighted by molar-refractivity contribution is 5.94. The zero-order valence-electron chi connectivity index (χ0n) is 15.5. The van der Waals surface area contributed by atoms with E-state index >= 15 is 0 Å². The largest absolute Gasteiger partial charge is 0.491 e. The normalized spacial score (nSPS) is 12.3. The van der Waals surface area contributed by atoms with E-state index in [4.69, 9.17) is 4.74 Å². The van der Waals surface area contributed by atoms with Gasteiger partial charge in [0.1, 0.15) is 25.0 Å². The Kier molecular flexibility index (Phi) is 5.38. The van der Waals surface area contributed by atoms with E-state index in [2.05, 4.69) is 35.2 Å². The number of nitrogens with zero attached hydrogens (tertiary/aromatic N) is 2. The zero-order chi connectivity index (χ0) is 18.7. The number of carbonyl (C=O) groups excluding carboxylic acids is 1. The van der Waals surface area contributed by atoms with Crippen molar-refractivity contribution >= 4 is 16.8 Å². The van der Waals surface area contributed by atoms with Crippen molar-refractivity contribution in [1.29, 1.82) is 0 Å². The van der Waals surface area contributed by atoms with Crippen LogP contribution in [0.3, 0.4) is 0 Å². The van der Waals surface area contributed by atoms with Crippen LogP contribution in [0.15, 0.2) is 48.5 Å². The zero-order valence-corrected chi connectivity index (χ0v) is 15.5. The molecular formula is C21H25N2O3+. The number of imidazole rings is 1. The number of aryl methyl sites for hydroxylation is 1. The average molecular weight is 353 g/mol. The third-order valence-electron chi connectivity index (χ3n) is 4.65. The highest BCUT2D eigenvalue weighted by Gasteiger charge is 2.23. The Labute approximate surface area is 153 Å². The summed E-state index contributed by atoms with van der Waals surface area (Å²) in [6.07, 6.45) is 0.245. The van der Waals surface area contributed by atoms with Crippen molar-refractivity contribution in [1.82, 2.24) is 4.57 Å². The lowest BCUT2D eigenvalue weighted by Gasteiger charge is -2.12. The molecule has 0 fully saturated rings. The molecule has 5 heteroatoms. The van der Waals surface area contributed by atoms with Crippen LogP contribution in [0.2, 0.25) is 0 Å². The second kappa shape index (κ2) is 7.70. The van der Waals surface area contributed by atoms with Gasteiger partial charge in [0, 0.05) is 12.0 Å². The number of aromatic nitrogens is 2. The lowest BCUT2D eigenvalue weighted by Crippen LogP contribution is -2.34. The van der Waals surface area contributed by atoms with Gasteiger partial charge in [-0.3, -0.25) is 4.79 Å². The molecular weight excluding hydrogens is 328 g/mol. The highest BCUT2D eigenvalue weighted by atomic mass is 16.5. The molecule has 0 bridgehead atoms. The van der Waals surface area contributed by atoms with Crippen molar-refractivity contribution in [2.24, 2.45) is 7.05 Å². The summed E-state index contributed by atoms with van der Waals surface area (Å²) >= 11 is 0. The van der Waals surface area contributed by atoms with E-state index < -0.39 is 6.10 Å². The summed E-state index contributed by atoms with van der Waals surface area (Å²) in [6, 6.07) is 15.2. The van der Waals surface area contributed by atoms with E-state index in [0.29, 0.717) is 17.9 Å². The van der Waals surface area contributed by atoms with Crippen LogP contribution in [-0.2, 0) is 20.0 Å². The highest BCUT2D eigenvalue weighted by Crippen LogP contribution is 2.16. The molecule has 1 N–H and O–H groups in total. The fourth-order valence-electron chi connectivity index (χ4n) is 3.31. The Bertz CT molecular complexity index is 913. The minimum atomic E-state index is -0.636. The Morgan fingerprint density at radius 1 is 1.19 bits per heavy atom. The third-order valence-corrected chi connectivity index (χ3v) is 4.65. The van der Waals surface area contributed by atoms with E-state index in [1.54, 1.807) is 24.3 Å². The van der Waals surface area contributed by atoms with Gasteiger partial charge in [-0.25, -0.2) is 9.13 Å². The Hall–Kier alpha value is -2.66. The van der Waals surface area contributed by atoms with Crippen LogP contribution < -0.4 is 9.30 Å². The van der Waals surface area contributed by atoms with Crippen LogP contribution >= 0.6 is 0 Å². The molecule has 2 aromatic carbocycles. The molecule has 0 radical (unpaired) electrons. The maximum Gasteiger partial charge on any atom is 0.256 e. The smallest absolute Gasteiger partial charge is 0.256 e. The number of fused-ring (bicyclic) bond motifs is 1. The van der Waals surface area contributed by atoms with Gasteiger partial charge in [-0.1, -0.05) is 19.1 Å². The number of carbonyl (C=O) groups is 1. The number of benzene rings is 2. The fourth-order valence-corrected chi connectivity index (χ4v) is 3.31. The molecule has 136 valence electrons. The van der Waals surface area contributed by atoms with Crippen LogP contribution in [0.4, 0.5) is 0 Å². The number of Topliss-reactive ketones (excluding diaryl/α,β-unsaturated/α-hetero) is 1. The quantitative estimate of drug-likeness (QED) is 0.525. The van der Waals surface area contributed by atoms with Gasteiger partial charge in [0.2, 0.25) is 0 Å². The number of aliphatic hydroxyl groups is 1. The lowest BCUT2D eigenvalue weighted by atomic mass is 10.1. The molecule has 3 aromatic rings. The monoisotopic (exact) mass is 353 g/mol. The molecule has 0 saturated carbocycles. The Morgan fingerprint density at radius 3 is 2.54 bits per heavy atom. The predicted molar refractivity (Wildman–Crippen MR) is 100 cm³/mol. The molecule has 1 aromatic heterocycles. The van der Waals surface area contributed by atoms with Gasteiger partial charge in [0.25, 0.3) is 5.82 Å². The number of aliphatic hydroxyl groups excluding tert-OH is 1. The van der Waals surface area contributed by atoms with Gasteiger partial charge >= 0.3 is 0 Å². The van der Waals surface area contributed by atoms with Crippen molar-refractivity contribution in [3.8, 4) is 5.75 Å². The topological polar surface area (TPSA) is 55.3 Å². The number of ether oxygens (including phenoxy) is 1. The van der Waals surface area contributed by atoms with Crippen molar-refractivity contribution < 1.29 is 19.2 Å². The average Bonchev–Trinajstić information content (AvgIpc) is 2.92. The first-order valence-electron chi connectivity index (χ1n) is 8.89. The summed E-state index contributed by atoms with van der Waals surface area (Å²) in [5, 5.41) is 10.5. The van der Waals surface area contributed by atoms with Gasteiger partial charge in [0.05, 0.1) is 7.05 Å². The molecule has 5 nitrogen and oxygen atoms in total. The molecule has 0 aliphatic heterocycles. The van der Waals surface area contributed by atoms with Gasteiger partial charge in [0.15, 0.2) is 16.8 Å². The summed E-state index contributed by atoms with van der Waals surface area (Å²) < 4.78 is 10.0. The van der Waals surface area contributed by atoms with Crippen molar-refractivity contribution in [2.75, 3.05) is 6.61 Å². The molecule has 0 spiro atoms. The Morgan fingerprint density at radius 2 is 1.88 bits per heavy atom. The van der Waals surface area contributed by atoms with Gasteiger partial charge in [-0.15, -0.1) is 0 Å². The number of rotatable bonds is 7. The molecule has 3 rings (SSSR count). The molecule has 0 saturated heterocycles. The summed E-state index contributed by atoms with van der Waals surface area (Å²) in [5.41, 5.74) is 2.91. The van der Waals surface area contributed by atoms with Gasteiger partial charge < -0.3 is 9.84 Å². The molecule has 0 aliphatic rings. The summed E-state index contributed by atoms with van der Waals surface area (Å²) in [5.74, 6) is 1.83. The molecule has 26 heavy (non-hydrogen) atoms. The van der Waals surface area contributed by atoms with Crippen LogP contribution in [0.5, 0.6) is 5.75 Å². The summed E-state index contributed by atoms with van der Waals surface area (Å²) in [4.78, 5) is 11.3. The summed E-state index contributed by atoms with van der Waals surface area (Å²) in [6.45, 7) is 4.31. The lowest BCUT2D eigenvalue weighted by molar-refractivity contribution is -0.653. The van der Waals surface area contributed by atoms with E-state index in [-0.39, 0.29) is 12.4 Å². The SMILES string of the molecule is CCc1n(C[C@H](O)COc2ccc(C(C)=O)cc2)c2ccccc2[n+]1C. The number of hydrogen-bond acceptors (Lipinski definition) is 3. The van der Waals surface area contributed by atoms with Gasteiger partial charge in [-0.2, -0.15) is 0 Å². The Balaban J connectivity index is 1.71. The molecule has 0 aliphatic carbocycles. The predicted octanol–water partition coefficient (Wildman–Crippen LogP) is 2.67. The van der Waals surface area contributed by atoms with Crippen molar-refractivity contribution in [3.63, 3.8) is 0 Å². The van der Waals surface area contributed by atoms with Crippen LogP contribution in [-0.4, -0.2) is 28.2 Å². The van der Waals surface area contributed by atoms with Crippen LogP contribution in [0, 0.1) is 0 Å². The van der Waals surface area contributed by atoms with Crippen LogP contribution in [0.25, 0.3) is 11.0 Å². The maximum atomic E-state index is 11.3. The van der Waals surface area contributed by atoms with E-state index in [1.807, 2.05) is 12.1 Å². The minimum absolute atomic E-state index is 0.0241. The second-order valence-corrected chi connectivity index (χ2v) is 6.47. The van der Waals surface area contributed by atoms with E-state index in [1.165, 1.54) is 6.92 Å². The number of ketones is 1. The molecule has 0 amide bonds.